The Morgan fingerprint density at radius 1 is 0.926 bits per heavy atom. The zero-order valence-electron chi connectivity index (χ0n) is 15.0. The lowest BCUT2D eigenvalue weighted by atomic mass is 10.2. The molecule has 1 heterocycles. The molecule has 3 aromatic rings. The van der Waals surface area contributed by atoms with E-state index in [1.807, 2.05) is 79.7 Å². The van der Waals surface area contributed by atoms with Crippen LogP contribution >= 0.6 is 11.8 Å². The smallest absolute Gasteiger partial charge is 0.326 e. The second-order valence-electron chi connectivity index (χ2n) is 6.07. The van der Waals surface area contributed by atoms with Crippen LogP contribution < -0.4 is 15.0 Å². The van der Waals surface area contributed by atoms with Crippen molar-refractivity contribution < 1.29 is 9.53 Å². The van der Waals surface area contributed by atoms with Crippen LogP contribution in [0, 0.1) is 0 Å². The molecule has 0 bridgehead atoms. The summed E-state index contributed by atoms with van der Waals surface area (Å²) in [5, 5.41) is 3.05. The molecule has 1 aliphatic heterocycles. The van der Waals surface area contributed by atoms with Gasteiger partial charge in [0.05, 0.1) is 18.0 Å². The third-order valence-electron chi connectivity index (χ3n) is 4.34. The van der Waals surface area contributed by atoms with E-state index in [0.717, 1.165) is 32.5 Å². The van der Waals surface area contributed by atoms with Crippen molar-refractivity contribution in [2.45, 2.75) is 23.3 Å². The van der Waals surface area contributed by atoms with E-state index in [1.54, 1.807) is 16.7 Å². The standard InChI is InChI=1S/C22H20N2O2S/c1-2-26-19-12-6-3-9-16(19)15-23-22(25)24-17-10-4-7-13-20(17)27-21-14-8-5-11-18(21)24/h3-14H,2,15H2,1H3,(H,23,25). The zero-order chi connectivity index (χ0) is 18.6. The summed E-state index contributed by atoms with van der Waals surface area (Å²) in [6, 6.07) is 23.6. The Kier molecular flexibility index (Phi) is 5.03. The van der Waals surface area contributed by atoms with Gasteiger partial charge in [-0.05, 0) is 37.3 Å². The SMILES string of the molecule is CCOc1ccccc1CNC(=O)N1c2ccccc2Sc2ccccc21. The van der Waals surface area contributed by atoms with E-state index in [4.69, 9.17) is 4.74 Å². The van der Waals surface area contributed by atoms with E-state index in [1.165, 1.54) is 0 Å². The van der Waals surface area contributed by atoms with Crippen LogP contribution in [0.4, 0.5) is 16.2 Å². The first-order chi connectivity index (χ1) is 13.3. The molecule has 4 rings (SSSR count). The second-order valence-corrected chi connectivity index (χ2v) is 7.16. The molecule has 3 aromatic carbocycles. The highest BCUT2D eigenvalue weighted by Gasteiger charge is 2.27. The minimum Gasteiger partial charge on any atom is -0.494 e. The molecule has 0 saturated carbocycles. The van der Waals surface area contributed by atoms with Gasteiger partial charge in [-0.3, -0.25) is 4.90 Å². The lowest BCUT2D eigenvalue weighted by molar-refractivity contribution is 0.247. The van der Waals surface area contributed by atoms with Crippen molar-refractivity contribution in [1.82, 2.24) is 5.32 Å². The fourth-order valence-electron chi connectivity index (χ4n) is 3.12. The molecule has 0 spiro atoms. The van der Waals surface area contributed by atoms with Gasteiger partial charge in [0.1, 0.15) is 5.75 Å². The number of carbonyl (C=O) groups is 1. The number of ether oxygens (including phenoxy) is 1. The predicted octanol–water partition coefficient (Wildman–Crippen LogP) is 5.60. The second kappa shape index (κ2) is 7.76. The van der Waals surface area contributed by atoms with Crippen molar-refractivity contribution in [3.63, 3.8) is 0 Å². The maximum atomic E-state index is 13.1. The minimum absolute atomic E-state index is 0.151. The van der Waals surface area contributed by atoms with Crippen molar-refractivity contribution in [3.8, 4) is 5.75 Å². The number of rotatable bonds is 4. The van der Waals surface area contributed by atoms with E-state index in [-0.39, 0.29) is 6.03 Å². The van der Waals surface area contributed by atoms with E-state index in [0.29, 0.717) is 13.2 Å². The Hall–Kier alpha value is -2.92. The van der Waals surface area contributed by atoms with Gasteiger partial charge in [0.25, 0.3) is 0 Å². The fourth-order valence-corrected chi connectivity index (χ4v) is 4.18. The van der Waals surface area contributed by atoms with Crippen molar-refractivity contribution >= 4 is 29.2 Å². The van der Waals surface area contributed by atoms with Gasteiger partial charge in [0.15, 0.2) is 0 Å². The maximum Gasteiger partial charge on any atom is 0.326 e. The van der Waals surface area contributed by atoms with E-state index < -0.39 is 0 Å². The number of carbonyl (C=O) groups excluding carboxylic acids is 1. The third-order valence-corrected chi connectivity index (χ3v) is 5.47. The van der Waals surface area contributed by atoms with Gasteiger partial charge < -0.3 is 10.1 Å². The summed E-state index contributed by atoms with van der Waals surface area (Å²) < 4.78 is 5.66. The van der Waals surface area contributed by atoms with E-state index >= 15 is 0 Å². The van der Waals surface area contributed by atoms with Gasteiger partial charge in [-0.15, -0.1) is 0 Å². The molecule has 1 aliphatic rings. The first-order valence-corrected chi connectivity index (χ1v) is 9.74. The lowest BCUT2D eigenvalue weighted by Crippen LogP contribution is -2.37. The molecule has 0 radical (unpaired) electrons. The largest absolute Gasteiger partial charge is 0.494 e. The summed E-state index contributed by atoms with van der Waals surface area (Å²) in [5.74, 6) is 0.801. The van der Waals surface area contributed by atoms with Crippen molar-refractivity contribution in [2.75, 3.05) is 11.5 Å². The van der Waals surface area contributed by atoms with Crippen molar-refractivity contribution in [3.05, 3.63) is 78.4 Å². The summed E-state index contributed by atoms with van der Waals surface area (Å²) in [5.41, 5.74) is 2.76. The molecular formula is C22H20N2O2S. The van der Waals surface area contributed by atoms with Crippen LogP contribution in [0.25, 0.3) is 0 Å². The summed E-state index contributed by atoms with van der Waals surface area (Å²) in [6.45, 7) is 2.95. The Labute approximate surface area is 163 Å². The maximum absolute atomic E-state index is 13.1. The third kappa shape index (κ3) is 3.51. The van der Waals surface area contributed by atoms with Crippen LogP contribution in [-0.4, -0.2) is 12.6 Å². The highest BCUT2D eigenvalue weighted by Crippen LogP contribution is 2.47. The molecule has 136 valence electrons. The van der Waals surface area contributed by atoms with Crippen LogP contribution in [0.5, 0.6) is 5.75 Å². The number of benzene rings is 3. The molecule has 27 heavy (non-hydrogen) atoms. The number of hydrogen-bond acceptors (Lipinski definition) is 3. The fraction of sp³-hybridized carbons (Fsp3) is 0.136. The number of anilines is 2. The quantitative estimate of drug-likeness (QED) is 0.645. The van der Waals surface area contributed by atoms with Crippen LogP contribution in [0.15, 0.2) is 82.6 Å². The normalized spacial score (nSPS) is 12.1. The number of para-hydroxylation sites is 3. The number of urea groups is 1. The minimum atomic E-state index is -0.151. The van der Waals surface area contributed by atoms with Crippen LogP contribution in [0.2, 0.25) is 0 Å². The van der Waals surface area contributed by atoms with Crippen LogP contribution in [0.1, 0.15) is 12.5 Å². The van der Waals surface area contributed by atoms with Gasteiger partial charge in [0.2, 0.25) is 0 Å². The van der Waals surface area contributed by atoms with Crippen LogP contribution in [-0.2, 0) is 6.54 Å². The van der Waals surface area contributed by atoms with Gasteiger partial charge in [-0.1, -0.05) is 54.2 Å². The predicted molar refractivity (Wildman–Crippen MR) is 109 cm³/mol. The Bertz CT molecular complexity index is 928. The number of fused-ring (bicyclic) bond motifs is 2. The topological polar surface area (TPSA) is 41.6 Å². The molecular weight excluding hydrogens is 356 g/mol. The van der Waals surface area contributed by atoms with Gasteiger partial charge in [0, 0.05) is 21.9 Å². The first-order valence-electron chi connectivity index (χ1n) is 8.92. The van der Waals surface area contributed by atoms with Gasteiger partial charge in [-0.25, -0.2) is 4.79 Å². The van der Waals surface area contributed by atoms with Gasteiger partial charge in [-0.2, -0.15) is 0 Å². The highest BCUT2D eigenvalue weighted by atomic mass is 32.2. The zero-order valence-corrected chi connectivity index (χ0v) is 15.8. The highest BCUT2D eigenvalue weighted by molar-refractivity contribution is 7.99. The average molecular weight is 376 g/mol. The van der Waals surface area contributed by atoms with Gasteiger partial charge >= 0.3 is 6.03 Å². The molecule has 0 atom stereocenters. The molecule has 5 heteroatoms. The summed E-state index contributed by atoms with van der Waals surface area (Å²) in [6.07, 6.45) is 0. The average Bonchev–Trinajstić information content (AvgIpc) is 2.71. The number of hydrogen-bond donors (Lipinski definition) is 1. The number of nitrogens with zero attached hydrogens (tertiary/aromatic N) is 1. The number of nitrogens with one attached hydrogen (secondary N) is 1. The Morgan fingerprint density at radius 2 is 1.52 bits per heavy atom. The molecule has 4 nitrogen and oxygen atoms in total. The molecule has 0 aliphatic carbocycles. The van der Waals surface area contributed by atoms with Crippen LogP contribution in [0.3, 0.4) is 0 Å². The van der Waals surface area contributed by atoms with E-state index in [9.17, 15) is 4.79 Å². The molecule has 2 amide bonds. The van der Waals surface area contributed by atoms with E-state index in [2.05, 4.69) is 5.32 Å². The number of amides is 2. The monoisotopic (exact) mass is 376 g/mol. The summed E-state index contributed by atoms with van der Waals surface area (Å²) >= 11 is 1.69. The molecule has 0 aromatic heterocycles. The summed E-state index contributed by atoms with van der Waals surface area (Å²) in [4.78, 5) is 17.0. The Balaban J connectivity index is 1.61. The lowest BCUT2D eigenvalue weighted by Gasteiger charge is -2.31. The molecule has 1 N–H and O–H groups in total. The molecule has 0 fully saturated rings. The molecule has 0 unspecified atom stereocenters. The molecule has 0 saturated heterocycles. The van der Waals surface area contributed by atoms with Crippen molar-refractivity contribution in [2.24, 2.45) is 0 Å². The van der Waals surface area contributed by atoms with Crippen molar-refractivity contribution in [1.29, 1.82) is 0 Å². The summed E-state index contributed by atoms with van der Waals surface area (Å²) in [7, 11) is 0. The Morgan fingerprint density at radius 3 is 2.19 bits per heavy atom. The first kappa shape index (κ1) is 17.5.